The lowest BCUT2D eigenvalue weighted by atomic mass is 10.2. The predicted molar refractivity (Wildman–Crippen MR) is 64.4 cm³/mol. The van der Waals surface area contributed by atoms with Gasteiger partial charge in [0.1, 0.15) is 0 Å². The molecule has 0 spiro atoms. The molecular weight excluding hydrogens is 236 g/mol. The molecule has 7 nitrogen and oxygen atoms in total. The van der Waals surface area contributed by atoms with Crippen molar-refractivity contribution in [2.75, 3.05) is 7.11 Å². The van der Waals surface area contributed by atoms with Crippen LogP contribution in [0.4, 0.5) is 0 Å². The van der Waals surface area contributed by atoms with E-state index in [1.165, 1.54) is 7.11 Å². The van der Waals surface area contributed by atoms with Crippen LogP contribution in [0, 0.1) is 0 Å². The first-order chi connectivity index (χ1) is 8.54. The molecule has 0 bridgehead atoms. The Morgan fingerprint density at radius 2 is 2.28 bits per heavy atom. The Kier molecular flexibility index (Phi) is 5.06. The van der Waals surface area contributed by atoms with Gasteiger partial charge >= 0.3 is 0 Å². The highest BCUT2D eigenvalue weighted by Crippen LogP contribution is 2.12. The minimum absolute atomic E-state index is 0.185. The third kappa shape index (κ3) is 4.02. The summed E-state index contributed by atoms with van der Waals surface area (Å²) in [6.07, 6.45) is 1.40. The highest BCUT2D eigenvalue weighted by molar-refractivity contribution is 5.87. The van der Waals surface area contributed by atoms with Crippen LogP contribution in [-0.2, 0) is 16.1 Å². The molecule has 0 radical (unpaired) electrons. The van der Waals surface area contributed by atoms with Crippen molar-refractivity contribution in [2.45, 2.75) is 19.0 Å². The van der Waals surface area contributed by atoms with E-state index in [9.17, 15) is 9.59 Å². The fourth-order valence-electron chi connectivity index (χ4n) is 1.37. The lowest BCUT2D eigenvalue weighted by Crippen LogP contribution is -2.42. The van der Waals surface area contributed by atoms with E-state index in [2.05, 4.69) is 10.3 Å². The number of carbonyl (C=O) groups excluding carboxylic acids is 2. The summed E-state index contributed by atoms with van der Waals surface area (Å²) in [4.78, 5) is 26.2. The second-order valence-corrected chi connectivity index (χ2v) is 3.67. The molecule has 5 N–H and O–H groups in total. The van der Waals surface area contributed by atoms with Gasteiger partial charge in [0.25, 0.3) is 0 Å². The number of pyridine rings is 1. The van der Waals surface area contributed by atoms with Crippen LogP contribution in [0.25, 0.3) is 0 Å². The van der Waals surface area contributed by atoms with Gasteiger partial charge in [-0.25, -0.2) is 4.98 Å². The second-order valence-electron chi connectivity index (χ2n) is 3.67. The monoisotopic (exact) mass is 252 g/mol. The standard InChI is InChI=1S/C11H16N4O3/c1-18-11-7(3-2-4-14-11)6-15-10(17)8(12)5-9(13)16/h2-4,8H,5-6,12H2,1H3,(H2,13,16)(H,15,17). The van der Waals surface area contributed by atoms with Gasteiger partial charge in [-0.15, -0.1) is 0 Å². The number of amides is 2. The van der Waals surface area contributed by atoms with Crippen LogP contribution < -0.4 is 21.5 Å². The number of carbonyl (C=O) groups is 2. The van der Waals surface area contributed by atoms with Crippen molar-refractivity contribution < 1.29 is 14.3 Å². The highest BCUT2D eigenvalue weighted by Gasteiger charge is 2.16. The van der Waals surface area contributed by atoms with Crippen molar-refractivity contribution in [3.8, 4) is 5.88 Å². The zero-order valence-corrected chi connectivity index (χ0v) is 10.1. The zero-order valence-electron chi connectivity index (χ0n) is 10.1. The normalized spacial score (nSPS) is 11.7. The molecule has 7 heteroatoms. The average Bonchev–Trinajstić information content (AvgIpc) is 2.35. The number of ether oxygens (including phenoxy) is 1. The predicted octanol–water partition coefficient (Wildman–Crippen LogP) is -1.09. The molecule has 0 fully saturated rings. The molecule has 0 aliphatic rings. The molecule has 0 saturated carbocycles. The number of methoxy groups -OCH3 is 1. The molecule has 0 aliphatic heterocycles. The van der Waals surface area contributed by atoms with E-state index in [4.69, 9.17) is 16.2 Å². The maximum absolute atomic E-state index is 11.5. The average molecular weight is 252 g/mol. The van der Waals surface area contributed by atoms with Crippen LogP contribution in [0.2, 0.25) is 0 Å². The topological polar surface area (TPSA) is 120 Å². The molecular formula is C11H16N4O3. The molecule has 0 aliphatic carbocycles. The molecule has 0 saturated heterocycles. The van der Waals surface area contributed by atoms with Gasteiger partial charge in [-0.3, -0.25) is 9.59 Å². The summed E-state index contributed by atoms with van der Waals surface area (Å²) in [5.41, 5.74) is 11.2. The Hall–Kier alpha value is -2.15. The number of hydrogen-bond donors (Lipinski definition) is 3. The molecule has 98 valence electrons. The molecule has 1 unspecified atom stereocenters. The van der Waals surface area contributed by atoms with Crippen molar-refractivity contribution in [1.82, 2.24) is 10.3 Å². The Labute approximate surface area is 105 Å². The van der Waals surface area contributed by atoms with E-state index < -0.39 is 17.9 Å². The summed E-state index contributed by atoms with van der Waals surface area (Å²) in [5, 5.41) is 2.59. The van der Waals surface area contributed by atoms with E-state index in [0.717, 1.165) is 5.56 Å². The minimum atomic E-state index is -0.940. The number of aromatic nitrogens is 1. The van der Waals surface area contributed by atoms with Gasteiger partial charge < -0.3 is 21.5 Å². The van der Waals surface area contributed by atoms with E-state index in [-0.39, 0.29) is 13.0 Å². The smallest absolute Gasteiger partial charge is 0.237 e. The number of hydrogen-bond acceptors (Lipinski definition) is 5. The van der Waals surface area contributed by atoms with Gasteiger partial charge in [-0.1, -0.05) is 6.07 Å². The molecule has 0 aromatic carbocycles. The Bertz CT molecular complexity index is 436. The van der Waals surface area contributed by atoms with Gasteiger partial charge in [-0.2, -0.15) is 0 Å². The van der Waals surface area contributed by atoms with Gasteiger partial charge in [0.2, 0.25) is 17.7 Å². The lowest BCUT2D eigenvalue weighted by Gasteiger charge is -2.11. The number of nitrogens with one attached hydrogen (secondary N) is 1. The molecule has 1 rings (SSSR count). The van der Waals surface area contributed by atoms with Crippen molar-refractivity contribution in [2.24, 2.45) is 11.5 Å². The van der Waals surface area contributed by atoms with Crippen molar-refractivity contribution in [1.29, 1.82) is 0 Å². The fraction of sp³-hybridized carbons (Fsp3) is 0.364. The van der Waals surface area contributed by atoms with Crippen LogP contribution in [0.15, 0.2) is 18.3 Å². The maximum atomic E-state index is 11.5. The van der Waals surface area contributed by atoms with Crippen LogP contribution in [-0.4, -0.2) is 29.9 Å². The summed E-state index contributed by atoms with van der Waals surface area (Å²) in [6, 6.07) is 2.56. The summed E-state index contributed by atoms with van der Waals surface area (Å²) >= 11 is 0. The fourth-order valence-corrected chi connectivity index (χ4v) is 1.37. The first kappa shape index (κ1) is 13.9. The van der Waals surface area contributed by atoms with Crippen LogP contribution >= 0.6 is 0 Å². The largest absolute Gasteiger partial charge is 0.481 e. The summed E-state index contributed by atoms with van der Waals surface area (Å²) in [5.74, 6) is -0.627. The van der Waals surface area contributed by atoms with E-state index in [0.29, 0.717) is 5.88 Å². The van der Waals surface area contributed by atoms with Crippen molar-refractivity contribution in [3.63, 3.8) is 0 Å². The van der Waals surface area contributed by atoms with E-state index >= 15 is 0 Å². The van der Waals surface area contributed by atoms with Gasteiger partial charge in [0, 0.05) is 18.3 Å². The zero-order chi connectivity index (χ0) is 13.5. The van der Waals surface area contributed by atoms with Crippen LogP contribution in [0.3, 0.4) is 0 Å². The Balaban J connectivity index is 2.54. The summed E-state index contributed by atoms with van der Waals surface area (Å²) in [6.45, 7) is 0.225. The van der Waals surface area contributed by atoms with Crippen molar-refractivity contribution >= 4 is 11.8 Å². The highest BCUT2D eigenvalue weighted by atomic mass is 16.5. The molecule has 1 atom stereocenters. The second kappa shape index (κ2) is 6.55. The third-order valence-electron chi connectivity index (χ3n) is 2.25. The van der Waals surface area contributed by atoms with Crippen LogP contribution in [0.1, 0.15) is 12.0 Å². The number of rotatable bonds is 6. The Morgan fingerprint density at radius 3 is 2.89 bits per heavy atom. The van der Waals surface area contributed by atoms with Gasteiger partial charge in [0.05, 0.1) is 19.6 Å². The summed E-state index contributed by atoms with van der Waals surface area (Å²) < 4.78 is 5.03. The number of nitrogens with two attached hydrogens (primary N) is 2. The third-order valence-corrected chi connectivity index (χ3v) is 2.25. The lowest BCUT2D eigenvalue weighted by molar-refractivity contribution is -0.126. The molecule has 2 amide bonds. The van der Waals surface area contributed by atoms with Gasteiger partial charge in [0.15, 0.2) is 0 Å². The molecule has 1 aromatic heterocycles. The first-order valence-electron chi connectivity index (χ1n) is 5.34. The van der Waals surface area contributed by atoms with E-state index in [1.807, 2.05) is 0 Å². The van der Waals surface area contributed by atoms with Crippen molar-refractivity contribution in [3.05, 3.63) is 23.9 Å². The molecule has 1 heterocycles. The Morgan fingerprint density at radius 1 is 1.56 bits per heavy atom. The molecule has 18 heavy (non-hydrogen) atoms. The SMILES string of the molecule is COc1ncccc1CNC(=O)C(N)CC(N)=O. The summed E-state index contributed by atoms with van der Waals surface area (Å²) in [7, 11) is 1.49. The van der Waals surface area contributed by atoms with Gasteiger partial charge in [-0.05, 0) is 6.07 Å². The molecule has 1 aromatic rings. The van der Waals surface area contributed by atoms with Crippen LogP contribution in [0.5, 0.6) is 5.88 Å². The minimum Gasteiger partial charge on any atom is -0.481 e. The number of primary amides is 1. The number of nitrogens with zero attached hydrogens (tertiary/aromatic N) is 1. The quantitative estimate of drug-likeness (QED) is 0.594. The van der Waals surface area contributed by atoms with E-state index in [1.54, 1.807) is 18.3 Å². The first-order valence-corrected chi connectivity index (χ1v) is 5.34. The maximum Gasteiger partial charge on any atom is 0.237 e.